The summed E-state index contributed by atoms with van der Waals surface area (Å²) >= 11 is 0. The molecule has 1 aromatic heterocycles. The number of anilines is 1. The van der Waals surface area contributed by atoms with E-state index >= 15 is 8.78 Å². The standard InChI is InChI=1S/C27H35F2N5O2/c28-24-22(33-15-8-23(35)31-26(33)36)5-4-20-21(16-34(25(20)24)19-2-1-3-19)18-6-13-32(14-7-18)17-27(29)9-11-30-12-10-27/h4-5,16,18-19,30H,1-3,6-15,17H2,(H,31,35,36). The number of carbonyl (C=O) groups excluding carboxylic acids is 2. The normalized spacial score (nSPS) is 24.2. The van der Waals surface area contributed by atoms with Gasteiger partial charge in [-0.25, -0.2) is 13.6 Å². The van der Waals surface area contributed by atoms with Crippen LogP contribution in [0.2, 0.25) is 0 Å². The Labute approximate surface area is 210 Å². The number of amides is 3. The molecule has 1 aromatic carbocycles. The summed E-state index contributed by atoms with van der Waals surface area (Å²) in [5, 5.41) is 6.45. The van der Waals surface area contributed by atoms with E-state index < -0.39 is 17.5 Å². The molecule has 1 aliphatic carbocycles. The van der Waals surface area contributed by atoms with E-state index in [9.17, 15) is 9.59 Å². The van der Waals surface area contributed by atoms with Crippen LogP contribution in [0.15, 0.2) is 18.3 Å². The molecule has 1 saturated carbocycles. The molecule has 36 heavy (non-hydrogen) atoms. The van der Waals surface area contributed by atoms with Crippen molar-refractivity contribution in [2.45, 2.75) is 69.0 Å². The minimum atomic E-state index is -1.09. The molecule has 9 heteroatoms. The fourth-order valence-corrected chi connectivity index (χ4v) is 6.44. The number of nitrogens with one attached hydrogen (secondary N) is 2. The van der Waals surface area contributed by atoms with Crippen molar-refractivity contribution >= 4 is 28.5 Å². The number of imide groups is 1. The molecule has 7 nitrogen and oxygen atoms in total. The van der Waals surface area contributed by atoms with Crippen LogP contribution in [0.4, 0.5) is 19.3 Å². The van der Waals surface area contributed by atoms with Gasteiger partial charge in [-0.1, -0.05) is 6.07 Å². The van der Waals surface area contributed by atoms with Crippen molar-refractivity contribution in [2.24, 2.45) is 0 Å². The predicted molar refractivity (Wildman–Crippen MR) is 135 cm³/mol. The van der Waals surface area contributed by atoms with Crippen molar-refractivity contribution in [3.05, 3.63) is 29.7 Å². The molecule has 0 atom stereocenters. The zero-order chi connectivity index (χ0) is 24.9. The molecule has 0 bridgehead atoms. The lowest BCUT2D eigenvalue weighted by molar-refractivity contribution is -0.120. The average Bonchev–Trinajstić information content (AvgIpc) is 3.19. The highest BCUT2D eigenvalue weighted by Gasteiger charge is 2.36. The second-order valence-electron chi connectivity index (χ2n) is 11.1. The number of fused-ring (bicyclic) bond motifs is 1. The molecular formula is C27H35F2N5O2. The molecular weight excluding hydrogens is 464 g/mol. The SMILES string of the molecule is O=C1CCN(c2ccc3c(C4CCN(CC5(F)CCNCC5)CC4)cn(C4CCC4)c3c2F)C(=O)N1. The van der Waals surface area contributed by atoms with Crippen molar-refractivity contribution in [3.63, 3.8) is 0 Å². The first-order valence-corrected chi connectivity index (χ1v) is 13.5. The van der Waals surface area contributed by atoms with Crippen LogP contribution in [0, 0.1) is 5.82 Å². The average molecular weight is 500 g/mol. The van der Waals surface area contributed by atoms with Crippen molar-refractivity contribution in [2.75, 3.05) is 44.2 Å². The van der Waals surface area contributed by atoms with Crippen LogP contribution in [0.25, 0.3) is 10.9 Å². The molecule has 0 unspecified atom stereocenters. The fraction of sp³-hybridized carbons (Fsp3) is 0.630. The summed E-state index contributed by atoms with van der Waals surface area (Å²) in [7, 11) is 0. The second-order valence-corrected chi connectivity index (χ2v) is 11.1. The molecule has 3 amide bonds. The van der Waals surface area contributed by atoms with E-state index in [-0.39, 0.29) is 30.6 Å². The minimum absolute atomic E-state index is 0.160. The number of hydrogen-bond acceptors (Lipinski definition) is 4. The topological polar surface area (TPSA) is 69.6 Å². The Bertz CT molecular complexity index is 1160. The largest absolute Gasteiger partial charge is 0.342 e. The number of likely N-dealkylation sites (tertiary alicyclic amines) is 1. The quantitative estimate of drug-likeness (QED) is 0.646. The van der Waals surface area contributed by atoms with Gasteiger partial charge in [0.2, 0.25) is 5.91 Å². The first-order valence-electron chi connectivity index (χ1n) is 13.5. The van der Waals surface area contributed by atoms with E-state index in [0.29, 0.717) is 30.8 Å². The van der Waals surface area contributed by atoms with Gasteiger partial charge in [0.25, 0.3) is 0 Å². The van der Waals surface area contributed by atoms with E-state index in [1.54, 1.807) is 6.07 Å². The summed E-state index contributed by atoms with van der Waals surface area (Å²) in [4.78, 5) is 27.6. The lowest BCUT2D eigenvalue weighted by atomic mass is 9.87. The van der Waals surface area contributed by atoms with Crippen LogP contribution in [-0.4, -0.2) is 66.3 Å². The van der Waals surface area contributed by atoms with Crippen LogP contribution in [0.1, 0.15) is 68.9 Å². The summed E-state index contributed by atoms with van der Waals surface area (Å²) in [5.41, 5.74) is 0.861. The Morgan fingerprint density at radius 3 is 2.44 bits per heavy atom. The highest BCUT2D eigenvalue weighted by atomic mass is 19.1. The Morgan fingerprint density at radius 2 is 1.78 bits per heavy atom. The Balaban J connectivity index is 1.26. The molecule has 3 saturated heterocycles. The first kappa shape index (κ1) is 23.9. The zero-order valence-electron chi connectivity index (χ0n) is 20.7. The van der Waals surface area contributed by atoms with E-state index in [1.165, 1.54) is 4.90 Å². The summed E-state index contributed by atoms with van der Waals surface area (Å²) < 4.78 is 33.4. The third-order valence-electron chi connectivity index (χ3n) is 8.79. The van der Waals surface area contributed by atoms with Crippen LogP contribution < -0.4 is 15.5 Å². The van der Waals surface area contributed by atoms with Crippen LogP contribution >= 0.6 is 0 Å². The molecule has 2 N–H and O–H groups in total. The number of benzene rings is 1. The zero-order valence-corrected chi connectivity index (χ0v) is 20.7. The second kappa shape index (κ2) is 9.41. The molecule has 194 valence electrons. The van der Waals surface area contributed by atoms with Gasteiger partial charge >= 0.3 is 6.03 Å². The molecule has 6 rings (SSSR count). The number of rotatable bonds is 5. The van der Waals surface area contributed by atoms with Crippen LogP contribution in [0.5, 0.6) is 0 Å². The molecule has 4 heterocycles. The van der Waals surface area contributed by atoms with Gasteiger partial charge in [0, 0.05) is 37.1 Å². The van der Waals surface area contributed by atoms with Gasteiger partial charge in [-0.15, -0.1) is 0 Å². The molecule has 2 aromatic rings. The number of aromatic nitrogens is 1. The first-order chi connectivity index (χ1) is 17.4. The number of urea groups is 1. The summed E-state index contributed by atoms with van der Waals surface area (Å²) in [6.45, 7) is 3.87. The van der Waals surface area contributed by atoms with Gasteiger partial charge < -0.3 is 14.8 Å². The number of piperidine rings is 2. The van der Waals surface area contributed by atoms with E-state index in [0.717, 1.165) is 69.2 Å². The van der Waals surface area contributed by atoms with Crippen molar-refractivity contribution in [1.29, 1.82) is 0 Å². The van der Waals surface area contributed by atoms with E-state index in [2.05, 4.69) is 26.3 Å². The van der Waals surface area contributed by atoms with Crippen molar-refractivity contribution < 1.29 is 18.4 Å². The summed E-state index contributed by atoms with van der Waals surface area (Å²) in [6, 6.07) is 3.33. The third-order valence-corrected chi connectivity index (χ3v) is 8.79. The lowest BCUT2D eigenvalue weighted by Gasteiger charge is -2.38. The van der Waals surface area contributed by atoms with Crippen molar-refractivity contribution in [1.82, 2.24) is 20.1 Å². The van der Waals surface area contributed by atoms with Crippen molar-refractivity contribution in [3.8, 4) is 0 Å². The van der Waals surface area contributed by atoms with Gasteiger partial charge in [-0.2, -0.15) is 0 Å². The van der Waals surface area contributed by atoms with E-state index in [4.69, 9.17) is 0 Å². The number of halogens is 2. The number of hydrogen-bond donors (Lipinski definition) is 2. The van der Waals surface area contributed by atoms with E-state index in [1.807, 2.05) is 6.07 Å². The van der Waals surface area contributed by atoms with Gasteiger partial charge in [0.15, 0.2) is 5.82 Å². The Kier molecular flexibility index (Phi) is 6.24. The van der Waals surface area contributed by atoms with Gasteiger partial charge in [-0.3, -0.25) is 15.0 Å². The lowest BCUT2D eigenvalue weighted by Crippen LogP contribution is -2.49. The maximum Gasteiger partial charge on any atom is 0.328 e. The molecule has 4 fully saturated rings. The highest BCUT2D eigenvalue weighted by Crippen LogP contribution is 2.43. The number of carbonyl (C=O) groups is 2. The Morgan fingerprint density at radius 1 is 1.03 bits per heavy atom. The summed E-state index contributed by atoms with van der Waals surface area (Å²) in [6.07, 6.45) is 8.50. The van der Waals surface area contributed by atoms with Gasteiger partial charge in [0.1, 0.15) is 5.67 Å². The van der Waals surface area contributed by atoms with Gasteiger partial charge in [-0.05, 0) is 88.7 Å². The fourth-order valence-electron chi connectivity index (χ4n) is 6.44. The molecule has 4 aliphatic rings. The number of alkyl halides is 1. The smallest absolute Gasteiger partial charge is 0.328 e. The maximum absolute atomic E-state index is 16.1. The highest BCUT2D eigenvalue weighted by molar-refractivity contribution is 6.06. The number of nitrogens with zero attached hydrogens (tertiary/aromatic N) is 3. The summed E-state index contributed by atoms with van der Waals surface area (Å²) in [5.74, 6) is -0.421. The maximum atomic E-state index is 16.1. The third kappa shape index (κ3) is 4.30. The van der Waals surface area contributed by atoms with Crippen LogP contribution in [0.3, 0.4) is 0 Å². The van der Waals surface area contributed by atoms with Gasteiger partial charge in [0.05, 0.1) is 11.2 Å². The predicted octanol–water partition coefficient (Wildman–Crippen LogP) is 4.22. The Hall–Kier alpha value is -2.52. The minimum Gasteiger partial charge on any atom is -0.342 e. The van der Waals surface area contributed by atoms with Crippen LogP contribution in [-0.2, 0) is 4.79 Å². The molecule has 3 aliphatic heterocycles. The monoisotopic (exact) mass is 499 g/mol. The molecule has 0 radical (unpaired) electrons. The molecule has 0 spiro atoms.